The molecule has 3 N–H and O–H groups in total. The molecule has 0 bridgehead atoms. The van der Waals surface area contributed by atoms with Crippen molar-refractivity contribution < 1.29 is 4.79 Å². The topological polar surface area (TPSA) is 58.4 Å². The highest BCUT2D eigenvalue weighted by atomic mass is 32.1. The largest absolute Gasteiger partial charge is 0.397 e. The number of nitrogens with two attached hydrogens (primary N) is 1. The van der Waals surface area contributed by atoms with Crippen LogP contribution in [0.25, 0.3) is 0 Å². The first-order valence-electron chi connectivity index (χ1n) is 7.23. The van der Waals surface area contributed by atoms with Crippen LogP contribution in [0.4, 0.5) is 17.1 Å². The molecule has 1 aromatic carbocycles. The minimum atomic E-state index is 0.0944. The van der Waals surface area contributed by atoms with Gasteiger partial charge in [0.1, 0.15) is 0 Å². The van der Waals surface area contributed by atoms with Gasteiger partial charge in [-0.05, 0) is 47.5 Å². The highest BCUT2D eigenvalue weighted by molar-refractivity contribution is 7.10. The normalized spacial score (nSPS) is 17.1. The molecule has 0 saturated heterocycles. The Labute approximate surface area is 127 Å². The average Bonchev–Trinajstić information content (AvgIpc) is 2.94. The lowest BCUT2D eigenvalue weighted by atomic mass is 10.00. The molecule has 3 heterocycles. The van der Waals surface area contributed by atoms with E-state index in [1.807, 2.05) is 23.5 Å². The van der Waals surface area contributed by atoms with Crippen molar-refractivity contribution in [3.8, 4) is 0 Å². The summed E-state index contributed by atoms with van der Waals surface area (Å²) in [7, 11) is 0. The Kier molecular flexibility index (Phi) is 2.89. The van der Waals surface area contributed by atoms with Crippen LogP contribution in [-0.4, -0.2) is 12.5 Å². The predicted octanol–water partition coefficient (Wildman–Crippen LogP) is 2.78. The molecule has 21 heavy (non-hydrogen) atoms. The quantitative estimate of drug-likeness (QED) is 0.796. The van der Waals surface area contributed by atoms with Crippen LogP contribution in [0.15, 0.2) is 23.6 Å². The maximum Gasteiger partial charge on any atom is 0.224 e. The number of nitrogens with one attached hydrogen (secondary N) is 1. The standard InChI is InChI=1S/C16H17N3OS/c17-12-7-10-1-2-16(20)18-13(10)8-14(12)19-5-3-15-11(9-19)4-6-21-15/h4,6-8H,1-3,5,9,17H2,(H,18,20). The summed E-state index contributed by atoms with van der Waals surface area (Å²) in [5.41, 5.74) is 11.6. The van der Waals surface area contributed by atoms with E-state index in [1.54, 1.807) is 0 Å². The van der Waals surface area contributed by atoms with Gasteiger partial charge in [0.2, 0.25) is 5.91 Å². The summed E-state index contributed by atoms with van der Waals surface area (Å²) in [6.07, 6.45) is 2.39. The number of carbonyl (C=O) groups excluding carboxylic acids is 1. The van der Waals surface area contributed by atoms with Gasteiger partial charge < -0.3 is 16.0 Å². The fourth-order valence-electron chi connectivity index (χ4n) is 3.16. The van der Waals surface area contributed by atoms with Crippen LogP contribution in [0.1, 0.15) is 22.4 Å². The second-order valence-corrected chi connectivity index (χ2v) is 6.66. The highest BCUT2D eigenvalue weighted by Crippen LogP contribution is 2.36. The van der Waals surface area contributed by atoms with E-state index in [0.717, 1.165) is 48.6 Å². The molecule has 1 amide bonds. The van der Waals surface area contributed by atoms with Crippen molar-refractivity contribution in [1.29, 1.82) is 0 Å². The van der Waals surface area contributed by atoms with Gasteiger partial charge in [-0.25, -0.2) is 0 Å². The Bertz CT molecular complexity index is 722. The molecule has 4 nitrogen and oxygen atoms in total. The molecule has 2 aliphatic rings. The minimum absolute atomic E-state index is 0.0944. The van der Waals surface area contributed by atoms with Crippen LogP contribution in [0, 0.1) is 0 Å². The van der Waals surface area contributed by atoms with E-state index in [4.69, 9.17) is 5.73 Å². The first-order valence-corrected chi connectivity index (χ1v) is 8.11. The van der Waals surface area contributed by atoms with Crippen molar-refractivity contribution >= 4 is 34.3 Å². The monoisotopic (exact) mass is 299 g/mol. The molecule has 0 unspecified atom stereocenters. The fraction of sp³-hybridized carbons (Fsp3) is 0.312. The van der Waals surface area contributed by atoms with Crippen LogP contribution >= 0.6 is 11.3 Å². The van der Waals surface area contributed by atoms with Crippen LogP contribution in [0.2, 0.25) is 0 Å². The lowest BCUT2D eigenvalue weighted by molar-refractivity contribution is -0.116. The molecule has 4 rings (SSSR count). The van der Waals surface area contributed by atoms with Crippen LogP contribution in [-0.2, 0) is 24.2 Å². The second-order valence-electron chi connectivity index (χ2n) is 5.66. The van der Waals surface area contributed by atoms with Crippen molar-refractivity contribution in [2.24, 2.45) is 0 Å². The third kappa shape index (κ3) is 2.17. The minimum Gasteiger partial charge on any atom is -0.397 e. The molecule has 0 saturated carbocycles. The molecule has 0 aliphatic carbocycles. The molecule has 0 radical (unpaired) electrons. The molecule has 2 aliphatic heterocycles. The Morgan fingerprint density at radius 2 is 2.10 bits per heavy atom. The summed E-state index contributed by atoms with van der Waals surface area (Å²) in [5.74, 6) is 0.0944. The molecule has 0 atom stereocenters. The van der Waals surface area contributed by atoms with E-state index in [-0.39, 0.29) is 5.91 Å². The van der Waals surface area contributed by atoms with Gasteiger partial charge in [-0.15, -0.1) is 11.3 Å². The van der Waals surface area contributed by atoms with Crippen molar-refractivity contribution in [3.05, 3.63) is 39.6 Å². The SMILES string of the molecule is Nc1cc2c(cc1N1CCc3sccc3C1)NC(=O)CC2. The summed E-state index contributed by atoms with van der Waals surface area (Å²) in [6.45, 7) is 1.88. The number of nitrogens with zero attached hydrogens (tertiary/aromatic N) is 1. The lowest BCUT2D eigenvalue weighted by Gasteiger charge is -2.31. The van der Waals surface area contributed by atoms with E-state index in [1.165, 1.54) is 10.4 Å². The maximum absolute atomic E-state index is 11.6. The van der Waals surface area contributed by atoms with Crippen molar-refractivity contribution in [2.75, 3.05) is 22.5 Å². The zero-order valence-corrected chi connectivity index (χ0v) is 12.5. The van der Waals surface area contributed by atoms with E-state index in [0.29, 0.717) is 6.42 Å². The van der Waals surface area contributed by atoms with Gasteiger partial charge in [-0.1, -0.05) is 0 Å². The van der Waals surface area contributed by atoms with E-state index < -0.39 is 0 Å². The van der Waals surface area contributed by atoms with Crippen molar-refractivity contribution in [1.82, 2.24) is 0 Å². The molecule has 108 valence electrons. The molecule has 0 fully saturated rings. The highest BCUT2D eigenvalue weighted by Gasteiger charge is 2.22. The van der Waals surface area contributed by atoms with E-state index in [2.05, 4.69) is 21.7 Å². The first-order chi connectivity index (χ1) is 10.2. The summed E-state index contributed by atoms with van der Waals surface area (Å²) >= 11 is 1.84. The van der Waals surface area contributed by atoms with E-state index in [9.17, 15) is 4.79 Å². The zero-order valence-electron chi connectivity index (χ0n) is 11.7. The average molecular weight is 299 g/mol. The van der Waals surface area contributed by atoms with E-state index >= 15 is 0 Å². The number of carbonyl (C=O) groups is 1. The van der Waals surface area contributed by atoms with Crippen LogP contribution in [0.3, 0.4) is 0 Å². The third-order valence-electron chi connectivity index (χ3n) is 4.30. The second kappa shape index (κ2) is 4.77. The van der Waals surface area contributed by atoms with Gasteiger partial charge in [0.05, 0.1) is 11.4 Å². The number of nitrogen functional groups attached to an aromatic ring is 1. The lowest BCUT2D eigenvalue weighted by Crippen LogP contribution is -2.30. The summed E-state index contributed by atoms with van der Waals surface area (Å²) in [6, 6.07) is 6.26. The Morgan fingerprint density at radius 3 is 3.00 bits per heavy atom. The van der Waals surface area contributed by atoms with Crippen LogP contribution in [0.5, 0.6) is 0 Å². The van der Waals surface area contributed by atoms with Gasteiger partial charge in [-0.2, -0.15) is 0 Å². The molecule has 2 aromatic rings. The van der Waals surface area contributed by atoms with Gasteiger partial charge >= 0.3 is 0 Å². The number of benzene rings is 1. The molecular weight excluding hydrogens is 282 g/mol. The van der Waals surface area contributed by atoms with Crippen LogP contribution < -0.4 is 16.0 Å². The number of fused-ring (bicyclic) bond motifs is 2. The molecule has 5 heteroatoms. The fourth-order valence-corrected chi connectivity index (χ4v) is 4.05. The van der Waals surface area contributed by atoms with Crippen molar-refractivity contribution in [2.45, 2.75) is 25.8 Å². The third-order valence-corrected chi connectivity index (χ3v) is 5.32. The summed E-state index contributed by atoms with van der Waals surface area (Å²) < 4.78 is 0. The Hall–Kier alpha value is -2.01. The number of rotatable bonds is 1. The zero-order chi connectivity index (χ0) is 14.4. The molecule has 0 spiro atoms. The maximum atomic E-state index is 11.6. The van der Waals surface area contributed by atoms with Gasteiger partial charge in [0.15, 0.2) is 0 Å². The summed E-state index contributed by atoms with van der Waals surface area (Å²) in [5, 5.41) is 5.12. The van der Waals surface area contributed by atoms with Gasteiger partial charge in [0.25, 0.3) is 0 Å². The smallest absolute Gasteiger partial charge is 0.224 e. The van der Waals surface area contributed by atoms with Gasteiger partial charge in [0, 0.05) is 30.1 Å². The Morgan fingerprint density at radius 1 is 1.19 bits per heavy atom. The first kappa shape index (κ1) is 12.7. The number of thiophene rings is 1. The summed E-state index contributed by atoms with van der Waals surface area (Å²) in [4.78, 5) is 15.4. The number of hydrogen-bond donors (Lipinski definition) is 2. The van der Waals surface area contributed by atoms with Gasteiger partial charge in [-0.3, -0.25) is 4.79 Å². The number of aryl methyl sites for hydroxylation is 1. The number of amides is 1. The molecular formula is C16H17N3OS. The Balaban J connectivity index is 1.69. The number of hydrogen-bond acceptors (Lipinski definition) is 4. The number of anilines is 3. The molecule has 1 aromatic heterocycles. The van der Waals surface area contributed by atoms with Crippen molar-refractivity contribution in [3.63, 3.8) is 0 Å². The predicted molar refractivity (Wildman–Crippen MR) is 86.9 cm³/mol.